The Morgan fingerprint density at radius 3 is 2.05 bits per heavy atom. The number of aryl methyl sites for hydroxylation is 2. The van der Waals surface area contributed by atoms with Crippen molar-refractivity contribution < 1.29 is 4.74 Å². The average molecular weight is 269 g/mol. The van der Waals surface area contributed by atoms with Crippen molar-refractivity contribution in [2.24, 2.45) is 5.73 Å². The second kappa shape index (κ2) is 5.68. The molecule has 0 aliphatic heterocycles. The zero-order chi connectivity index (χ0) is 14.8. The third kappa shape index (κ3) is 3.02. The summed E-state index contributed by atoms with van der Waals surface area (Å²) in [6.45, 7) is 6.37. The molecule has 0 amide bonds. The molecule has 2 aromatic rings. The maximum absolute atomic E-state index is 6.56. The van der Waals surface area contributed by atoms with Crippen LogP contribution in [0.25, 0.3) is 0 Å². The van der Waals surface area contributed by atoms with Crippen LogP contribution in [0.15, 0.2) is 42.5 Å². The number of methoxy groups -OCH3 is 1. The highest BCUT2D eigenvalue weighted by Crippen LogP contribution is 2.27. The van der Waals surface area contributed by atoms with Crippen LogP contribution in [0.4, 0.5) is 0 Å². The molecule has 2 rings (SSSR count). The topological polar surface area (TPSA) is 35.2 Å². The monoisotopic (exact) mass is 269 g/mol. The van der Waals surface area contributed by atoms with E-state index in [1.54, 1.807) is 7.11 Å². The van der Waals surface area contributed by atoms with Crippen LogP contribution in [-0.4, -0.2) is 7.11 Å². The maximum Gasteiger partial charge on any atom is 0.118 e. The maximum atomic E-state index is 6.56. The quantitative estimate of drug-likeness (QED) is 0.918. The lowest BCUT2D eigenvalue weighted by atomic mass is 9.84. The van der Waals surface area contributed by atoms with E-state index in [0.29, 0.717) is 0 Å². The smallest absolute Gasteiger partial charge is 0.118 e. The number of rotatable bonds is 4. The normalized spacial score (nSPS) is 13.8. The molecule has 2 N–H and O–H groups in total. The van der Waals surface area contributed by atoms with Gasteiger partial charge in [-0.15, -0.1) is 0 Å². The van der Waals surface area contributed by atoms with Gasteiger partial charge in [-0.3, -0.25) is 0 Å². The summed E-state index contributed by atoms with van der Waals surface area (Å²) < 4.78 is 5.20. The van der Waals surface area contributed by atoms with Crippen molar-refractivity contribution in [3.05, 3.63) is 64.7 Å². The van der Waals surface area contributed by atoms with E-state index >= 15 is 0 Å². The summed E-state index contributed by atoms with van der Waals surface area (Å²) in [5.41, 5.74) is 11.2. The van der Waals surface area contributed by atoms with Gasteiger partial charge in [-0.1, -0.05) is 30.3 Å². The molecule has 0 aliphatic carbocycles. The third-order valence-electron chi connectivity index (χ3n) is 3.94. The second-order valence-corrected chi connectivity index (χ2v) is 5.69. The molecule has 0 aromatic heterocycles. The van der Waals surface area contributed by atoms with E-state index in [1.165, 1.54) is 16.7 Å². The van der Waals surface area contributed by atoms with Crippen LogP contribution in [0, 0.1) is 13.8 Å². The largest absolute Gasteiger partial charge is 0.497 e. The van der Waals surface area contributed by atoms with E-state index < -0.39 is 0 Å². The van der Waals surface area contributed by atoms with E-state index in [9.17, 15) is 0 Å². The van der Waals surface area contributed by atoms with Crippen molar-refractivity contribution in [3.63, 3.8) is 0 Å². The van der Waals surface area contributed by atoms with E-state index in [-0.39, 0.29) is 5.54 Å². The van der Waals surface area contributed by atoms with Crippen LogP contribution in [0.2, 0.25) is 0 Å². The van der Waals surface area contributed by atoms with E-state index in [4.69, 9.17) is 10.5 Å². The first-order valence-electron chi connectivity index (χ1n) is 6.92. The summed E-state index contributed by atoms with van der Waals surface area (Å²) in [4.78, 5) is 0. The van der Waals surface area contributed by atoms with Crippen LogP contribution in [0.3, 0.4) is 0 Å². The first-order chi connectivity index (χ1) is 9.44. The Bertz CT molecular complexity index is 565. The van der Waals surface area contributed by atoms with Crippen molar-refractivity contribution in [2.75, 3.05) is 7.11 Å². The van der Waals surface area contributed by atoms with Gasteiger partial charge < -0.3 is 10.5 Å². The van der Waals surface area contributed by atoms with E-state index in [0.717, 1.165) is 17.7 Å². The average Bonchev–Trinajstić information content (AvgIpc) is 2.43. The molecular weight excluding hydrogens is 246 g/mol. The Morgan fingerprint density at radius 1 is 1.00 bits per heavy atom. The fourth-order valence-corrected chi connectivity index (χ4v) is 2.57. The molecule has 0 saturated carbocycles. The van der Waals surface area contributed by atoms with Gasteiger partial charge in [-0.25, -0.2) is 0 Å². The molecule has 1 atom stereocenters. The van der Waals surface area contributed by atoms with Gasteiger partial charge in [0.15, 0.2) is 0 Å². The van der Waals surface area contributed by atoms with Crippen LogP contribution in [0.1, 0.15) is 29.2 Å². The molecule has 0 spiro atoms. The highest BCUT2D eigenvalue weighted by atomic mass is 16.5. The zero-order valence-electron chi connectivity index (χ0n) is 12.7. The fraction of sp³-hybridized carbons (Fsp3) is 0.333. The zero-order valence-corrected chi connectivity index (χ0v) is 12.7. The Labute approximate surface area is 121 Å². The van der Waals surface area contributed by atoms with E-state index in [2.05, 4.69) is 39.0 Å². The summed E-state index contributed by atoms with van der Waals surface area (Å²) in [6, 6.07) is 14.4. The standard InChI is InChI=1S/C18H23NO/c1-13-6-5-7-14(2)17(13)12-18(3,19)15-8-10-16(20-4)11-9-15/h5-11H,12,19H2,1-4H3. The number of benzene rings is 2. The molecule has 2 heteroatoms. The Balaban J connectivity index is 2.30. The summed E-state index contributed by atoms with van der Waals surface area (Å²) in [5.74, 6) is 0.858. The van der Waals surface area contributed by atoms with Crippen molar-refractivity contribution in [3.8, 4) is 5.75 Å². The van der Waals surface area contributed by atoms with Gasteiger partial charge in [0.2, 0.25) is 0 Å². The summed E-state index contributed by atoms with van der Waals surface area (Å²) in [7, 11) is 1.67. The molecule has 0 bridgehead atoms. The Hall–Kier alpha value is -1.80. The SMILES string of the molecule is COc1ccc(C(C)(N)Cc2c(C)cccc2C)cc1. The van der Waals surface area contributed by atoms with E-state index in [1.807, 2.05) is 24.3 Å². The Kier molecular flexibility index (Phi) is 4.15. The number of hydrogen-bond donors (Lipinski definition) is 1. The molecule has 0 fully saturated rings. The highest BCUT2D eigenvalue weighted by Gasteiger charge is 2.23. The van der Waals surface area contributed by atoms with Gasteiger partial charge in [0.05, 0.1) is 7.11 Å². The Morgan fingerprint density at radius 2 is 1.55 bits per heavy atom. The molecule has 2 aromatic carbocycles. The predicted molar refractivity (Wildman–Crippen MR) is 84.2 cm³/mol. The minimum Gasteiger partial charge on any atom is -0.497 e. The molecule has 1 unspecified atom stereocenters. The van der Waals surface area contributed by atoms with Gasteiger partial charge in [-0.05, 0) is 61.6 Å². The van der Waals surface area contributed by atoms with Crippen molar-refractivity contribution in [1.82, 2.24) is 0 Å². The molecular formula is C18H23NO. The molecule has 106 valence electrons. The van der Waals surface area contributed by atoms with Crippen molar-refractivity contribution in [1.29, 1.82) is 0 Å². The lowest BCUT2D eigenvalue weighted by Crippen LogP contribution is -2.35. The minimum absolute atomic E-state index is 0.386. The summed E-state index contributed by atoms with van der Waals surface area (Å²) >= 11 is 0. The van der Waals surface area contributed by atoms with Crippen LogP contribution >= 0.6 is 0 Å². The van der Waals surface area contributed by atoms with Crippen LogP contribution < -0.4 is 10.5 Å². The van der Waals surface area contributed by atoms with Gasteiger partial charge in [-0.2, -0.15) is 0 Å². The molecule has 0 radical (unpaired) electrons. The van der Waals surface area contributed by atoms with Crippen molar-refractivity contribution in [2.45, 2.75) is 32.7 Å². The predicted octanol–water partition coefficient (Wildman–Crippen LogP) is 3.73. The lowest BCUT2D eigenvalue weighted by Gasteiger charge is -2.27. The van der Waals surface area contributed by atoms with Gasteiger partial charge in [0.25, 0.3) is 0 Å². The van der Waals surface area contributed by atoms with Crippen LogP contribution in [-0.2, 0) is 12.0 Å². The van der Waals surface area contributed by atoms with Crippen LogP contribution in [0.5, 0.6) is 5.75 Å². The molecule has 2 nitrogen and oxygen atoms in total. The van der Waals surface area contributed by atoms with Crippen molar-refractivity contribution >= 4 is 0 Å². The highest BCUT2D eigenvalue weighted by molar-refractivity contribution is 5.38. The minimum atomic E-state index is -0.386. The van der Waals surface area contributed by atoms with Gasteiger partial charge in [0, 0.05) is 5.54 Å². The lowest BCUT2D eigenvalue weighted by molar-refractivity contribution is 0.413. The number of nitrogens with two attached hydrogens (primary N) is 1. The molecule has 0 saturated heterocycles. The fourth-order valence-electron chi connectivity index (χ4n) is 2.57. The molecule has 20 heavy (non-hydrogen) atoms. The molecule has 0 aliphatic rings. The number of hydrogen-bond acceptors (Lipinski definition) is 2. The third-order valence-corrected chi connectivity index (χ3v) is 3.94. The number of ether oxygens (including phenoxy) is 1. The van der Waals surface area contributed by atoms with Gasteiger partial charge in [0.1, 0.15) is 5.75 Å². The summed E-state index contributed by atoms with van der Waals surface area (Å²) in [5, 5.41) is 0. The first kappa shape index (κ1) is 14.6. The second-order valence-electron chi connectivity index (χ2n) is 5.69. The van der Waals surface area contributed by atoms with Gasteiger partial charge >= 0.3 is 0 Å². The first-order valence-corrected chi connectivity index (χ1v) is 6.92. The summed E-state index contributed by atoms with van der Waals surface area (Å²) in [6.07, 6.45) is 0.831. The molecule has 0 heterocycles.